The lowest BCUT2D eigenvalue weighted by atomic mass is 9.97. The van der Waals surface area contributed by atoms with Gasteiger partial charge in [0, 0.05) is 45.1 Å². The molecular weight excluding hydrogens is 1360 g/mol. The molecule has 3 heterocycles. The molecule has 0 spiro atoms. The number of aromatic hydroxyl groups is 1. The van der Waals surface area contributed by atoms with E-state index in [1.807, 2.05) is 0 Å². The molecule has 31 heteroatoms. The highest BCUT2D eigenvalue weighted by Crippen LogP contribution is 2.25. The van der Waals surface area contributed by atoms with Crippen molar-refractivity contribution in [2.75, 3.05) is 13.1 Å². The summed E-state index contributed by atoms with van der Waals surface area (Å²) in [5.74, 6) is -14.1. The van der Waals surface area contributed by atoms with Crippen LogP contribution in [0.15, 0.2) is 48.5 Å². The Labute approximate surface area is 614 Å². The number of amides is 11. The molecule has 584 valence electrons. The number of carbonyl (C=O) groups is 14. The number of esters is 1. The minimum Gasteiger partial charge on any atom is -0.508 e. The molecule has 0 radical (unpaired) electrons. The molecule has 17 N–H and O–H groups in total. The number of primary amides is 1. The van der Waals surface area contributed by atoms with E-state index in [0.29, 0.717) is 18.4 Å². The lowest BCUT2D eigenvalue weighted by Gasteiger charge is -2.35. The first-order chi connectivity index (χ1) is 49.8. The van der Waals surface area contributed by atoms with Crippen LogP contribution in [-0.2, 0) is 80.0 Å². The Hall–Kier alpha value is -9.26. The highest BCUT2D eigenvalue weighted by atomic mass is 16.5. The first-order valence-corrected chi connectivity index (χ1v) is 37.0. The summed E-state index contributed by atoms with van der Waals surface area (Å²) >= 11 is 0. The zero-order valence-corrected chi connectivity index (χ0v) is 61.9. The van der Waals surface area contributed by atoms with E-state index in [-0.39, 0.29) is 75.1 Å². The Morgan fingerprint density at radius 2 is 1.17 bits per heavy atom. The quantitative estimate of drug-likeness (QED) is 0.0202. The van der Waals surface area contributed by atoms with E-state index < -0.39 is 193 Å². The second-order valence-electron chi connectivity index (χ2n) is 28.3. The Balaban J connectivity index is 1.75. The molecule has 2 bridgehead atoms. The van der Waals surface area contributed by atoms with Crippen LogP contribution in [-0.4, -0.2) is 187 Å². The molecule has 1 fully saturated rings. The monoisotopic (exact) mass is 1470 g/mol. The molecule has 2 aromatic rings. The van der Waals surface area contributed by atoms with Crippen molar-refractivity contribution in [3.05, 3.63) is 59.7 Å². The normalized spacial score (nSPS) is 21.6. The van der Waals surface area contributed by atoms with Gasteiger partial charge in [0.15, 0.2) is 0 Å². The SMILES string of the molecule is CCC(C)CCCCCCCCCCCCC(=O)NC(CCC(=O)O)C(=O)NC(CCCN)C(=O)NC1Cc2ccc(cc2)OC(=O)C(C(C)CC)NC(=O)C(Cc2ccc(O)cc2)NC(=O)C(CCC(N)=O)NC(=O)C2CCCN2C(=O)C(C)(C)NC(=O)C(CCC(=O)O)NC(=O)[C@@H]([C@@H](C)O)NC1=O. The number of ether oxygens (including phenoxy) is 1. The van der Waals surface area contributed by atoms with Gasteiger partial charge in [0.1, 0.15) is 71.4 Å². The standard InChI is InChI=1S/C74H114N12O19/c1-8-44(3)22-18-16-14-12-10-11-13-15-17-19-25-59(90)77-52(35-38-60(91)92)65(96)78-51(23-20-40-75)64(95)81-56-43-48-28-32-50(33-29-48)105-72(103)62(45(4)9-2)83-67(98)55(42-47-26-30-49(88)31-27-47)82-66(97)53(34-37-58(76)89)79-70(101)57-24-21-41-86(57)73(104)74(6,7)85-69(100)54(36-39-61(93)94)80-71(102)63(46(5)87)84-68(56)99/h26-33,44-46,51-57,62-63,87-88H,8-25,34-43,75H2,1-7H3,(H2,76,89)(H,77,90)(H,78,96)(H,79,101)(H,80,102)(H,81,95)(H,82,97)(H,83,98)(H,84,99)(H,85,100)(H,91,92)(H,93,94)/t44?,45?,46-,51?,52?,53?,54?,55?,56?,57?,62?,63-/m1/s1. The molecule has 5 rings (SSSR count). The number of carbonyl (C=O) groups excluding carboxylic acids is 12. The smallest absolute Gasteiger partial charge is 0.334 e. The molecule has 1 saturated heterocycles. The topological polar surface area (TPSA) is 493 Å². The van der Waals surface area contributed by atoms with Crippen LogP contribution in [0.2, 0.25) is 0 Å². The van der Waals surface area contributed by atoms with E-state index >= 15 is 0 Å². The largest absolute Gasteiger partial charge is 0.508 e. The molecule has 0 saturated carbocycles. The van der Waals surface area contributed by atoms with Crippen molar-refractivity contribution in [1.29, 1.82) is 0 Å². The van der Waals surface area contributed by atoms with Crippen LogP contribution < -0.4 is 64.1 Å². The van der Waals surface area contributed by atoms with Gasteiger partial charge in [-0.3, -0.25) is 62.3 Å². The average Bonchev–Trinajstić information content (AvgIpc) is 1.79. The van der Waals surface area contributed by atoms with Crippen molar-refractivity contribution in [2.24, 2.45) is 23.3 Å². The Morgan fingerprint density at radius 1 is 0.610 bits per heavy atom. The fourth-order valence-electron chi connectivity index (χ4n) is 12.3. The second-order valence-corrected chi connectivity index (χ2v) is 28.3. The second kappa shape index (κ2) is 45.2. The van der Waals surface area contributed by atoms with Crippen molar-refractivity contribution < 1.29 is 92.3 Å². The fraction of sp³-hybridized carbons (Fsp3) is 0.649. The molecule has 31 nitrogen and oxygen atoms in total. The maximum atomic E-state index is 14.8. The summed E-state index contributed by atoms with van der Waals surface area (Å²) < 4.78 is 5.84. The predicted molar refractivity (Wildman–Crippen MR) is 386 cm³/mol. The van der Waals surface area contributed by atoms with Crippen LogP contribution in [0.1, 0.15) is 214 Å². The van der Waals surface area contributed by atoms with Crippen molar-refractivity contribution in [2.45, 2.75) is 281 Å². The predicted octanol–water partition coefficient (Wildman–Crippen LogP) is 2.75. The number of aliphatic hydroxyl groups excluding tert-OH is 1. The van der Waals surface area contributed by atoms with Crippen molar-refractivity contribution >= 4 is 82.9 Å². The number of benzene rings is 2. The van der Waals surface area contributed by atoms with Gasteiger partial charge in [0.05, 0.1) is 6.10 Å². The maximum absolute atomic E-state index is 14.8. The maximum Gasteiger partial charge on any atom is 0.334 e. The van der Waals surface area contributed by atoms with Crippen LogP contribution >= 0.6 is 0 Å². The van der Waals surface area contributed by atoms with Gasteiger partial charge in [-0.25, -0.2) is 4.79 Å². The zero-order chi connectivity index (χ0) is 77.9. The van der Waals surface area contributed by atoms with Crippen molar-refractivity contribution in [3.8, 4) is 11.5 Å². The number of aliphatic hydroxyl groups is 1. The number of nitrogens with two attached hydrogens (primary N) is 2. The number of phenolic OH excluding ortho intramolecular Hbond substituents is 1. The Kier molecular flexibility index (Phi) is 37.9. The summed E-state index contributed by atoms with van der Waals surface area (Å²) in [7, 11) is 0. The first-order valence-electron chi connectivity index (χ1n) is 37.0. The zero-order valence-electron chi connectivity index (χ0n) is 61.9. The minimum atomic E-state index is -1.97. The summed E-state index contributed by atoms with van der Waals surface area (Å²) in [6, 6.07) is -3.09. The Bertz CT molecular complexity index is 3240. The molecule has 0 aliphatic carbocycles. The number of nitrogens with one attached hydrogen (secondary N) is 9. The molecule has 3 aliphatic heterocycles. The summed E-state index contributed by atoms with van der Waals surface area (Å²) in [6.45, 7) is 11.5. The summed E-state index contributed by atoms with van der Waals surface area (Å²) in [5, 5.41) is 63.8. The number of carboxylic acids is 2. The van der Waals surface area contributed by atoms with E-state index in [1.54, 1.807) is 13.8 Å². The number of unbranched alkanes of at least 4 members (excludes halogenated alkanes) is 9. The Morgan fingerprint density at radius 3 is 1.76 bits per heavy atom. The van der Waals surface area contributed by atoms with E-state index in [1.165, 1.54) is 101 Å². The summed E-state index contributed by atoms with van der Waals surface area (Å²) in [4.78, 5) is 196. The van der Waals surface area contributed by atoms with E-state index in [2.05, 4.69) is 61.7 Å². The number of hydrogen-bond donors (Lipinski definition) is 15. The van der Waals surface area contributed by atoms with Crippen LogP contribution in [0, 0.1) is 11.8 Å². The van der Waals surface area contributed by atoms with Crippen LogP contribution in [0.4, 0.5) is 0 Å². The molecule has 11 amide bonds. The van der Waals surface area contributed by atoms with Gasteiger partial charge >= 0.3 is 17.9 Å². The van der Waals surface area contributed by atoms with E-state index in [9.17, 15) is 87.5 Å². The number of carboxylic acid groups (broad SMARTS) is 2. The van der Waals surface area contributed by atoms with Gasteiger partial charge in [-0.05, 0) is 126 Å². The van der Waals surface area contributed by atoms with Gasteiger partial charge in [0.25, 0.3) is 0 Å². The molecule has 12 atom stereocenters. The number of nitrogens with zero attached hydrogens (tertiary/aromatic N) is 1. The average molecular weight is 1480 g/mol. The lowest BCUT2D eigenvalue weighted by Crippen LogP contribution is -2.64. The molecule has 0 aromatic heterocycles. The first kappa shape index (κ1) is 88.1. The third-order valence-corrected chi connectivity index (χ3v) is 19.1. The van der Waals surface area contributed by atoms with Gasteiger partial charge in [-0.15, -0.1) is 0 Å². The van der Waals surface area contributed by atoms with Crippen molar-refractivity contribution in [3.63, 3.8) is 0 Å². The molecule has 2 aromatic carbocycles. The third-order valence-electron chi connectivity index (χ3n) is 19.1. The van der Waals surface area contributed by atoms with Gasteiger partial charge in [-0.2, -0.15) is 0 Å². The van der Waals surface area contributed by atoms with E-state index in [0.717, 1.165) is 49.8 Å². The molecule has 105 heavy (non-hydrogen) atoms. The molecule has 10 unspecified atom stereocenters. The highest BCUT2D eigenvalue weighted by molar-refractivity contribution is 6.00. The fourth-order valence-corrected chi connectivity index (χ4v) is 12.3. The lowest BCUT2D eigenvalue weighted by molar-refractivity contribution is -0.146. The van der Waals surface area contributed by atoms with Gasteiger partial charge in [-0.1, -0.05) is 129 Å². The van der Waals surface area contributed by atoms with Crippen molar-refractivity contribution in [1.82, 2.24) is 52.8 Å². The summed E-state index contributed by atoms with van der Waals surface area (Å²) in [5.41, 5.74) is 10.1. The number of aliphatic carboxylic acids is 2. The van der Waals surface area contributed by atoms with Crippen LogP contribution in [0.3, 0.4) is 0 Å². The van der Waals surface area contributed by atoms with Gasteiger partial charge in [0.2, 0.25) is 65.0 Å². The summed E-state index contributed by atoms with van der Waals surface area (Å²) in [6.07, 6.45) is 7.68. The number of hydrogen-bond acceptors (Lipinski definition) is 18. The van der Waals surface area contributed by atoms with E-state index in [4.69, 9.17) is 16.2 Å². The molecular formula is C74H114N12O19. The highest BCUT2D eigenvalue weighted by Gasteiger charge is 2.44. The molecule has 3 aliphatic rings. The number of fused-ring (bicyclic) bond motifs is 23. The van der Waals surface area contributed by atoms with Crippen LogP contribution in [0.25, 0.3) is 0 Å². The number of phenols is 1. The minimum absolute atomic E-state index is 0.00565. The number of rotatable bonds is 36. The van der Waals surface area contributed by atoms with Gasteiger partial charge < -0.3 is 89.4 Å². The third kappa shape index (κ3) is 31.1. The van der Waals surface area contributed by atoms with Crippen LogP contribution in [0.5, 0.6) is 11.5 Å².